The fraction of sp³-hybridized carbons (Fsp3) is 0.278. The van der Waals surface area contributed by atoms with Crippen molar-refractivity contribution in [1.29, 1.82) is 0 Å². The highest BCUT2D eigenvalue weighted by molar-refractivity contribution is 7.98. The van der Waals surface area contributed by atoms with E-state index in [-0.39, 0.29) is 6.03 Å². The van der Waals surface area contributed by atoms with Crippen molar-refractivity contribution >= 4 is 40.8 Å². The van der Waals surface area contributed by atoms with E-state index in [1.807, 2.05) is 53.6 Å². The number of carbonyl (C=O) groups excluding carboxylic acids is 1. The molecular weight excluding hydrogens is 342 g/mol. The van der Waals surface area contributed by atoms with Gasteiger partial charge >= 0.3 is 6.03 Å². The van der Waals surface area contributed by atoms with Gasteiger partial charge in [0.1, 0.15) is 0 Å². The summed E-state index contributed by atoms with van der Waals surface area (Å²) in [6.07, 6.45) is 2.02. The molecule has 0 radical (unpaired) electrons. The standard InChI is InChI=1S/C18H20ClN3OS/c1-24-17-7-3-5-15(13-17)20-18(23)22-10-8-21(9-11-22)16-6-2-4-14(19)12-16/h2-7,12-13H,8-11H2,1H3,(H,20,23). The molecule has 1 aliphatic heterocycles. The Morgan fingerprint density at radius 2 is 1.83 bits per heavy atom. The number of piperazine rings is 1. The number of carbonyl (C=O) groups is 1. The zero-order valence-electron chi connectivity index (χ0n) is 13.5. The minimum absolute atomic E-state index is 0.0426. The molecule has 1 heterocycles. The third kappa shape index (κ3) is 4.16. The van der Waals surface area contributed by atoms with Crippen molar-refractivity contribution in [3.8, 4) is 0 Å². The summed E-state index contributed by atoms with van der Waals surface area (Å²) in [6, 6.07) is 15.7. The molecule has 4 nitrogen and oxygen atoms in total. The molecule has 1 saturated heterocycles. The lowest BCUT2D eigenvalue weighted by atomic mass is 10.2. The van der Waals surface area contributed by atoms with E-state index >= 15 is 0 Å². The summed E-state index contributed by atoms with van der Waals surface area (Å²) in [7, 11) is 0. The first-order chi connectivity index (χ1) is 11.7. The number of hydrogen-bond acceptors (Lipinski definition) is 3. The molecule has 2 amide bonds. The molecular formula is C18H20ClN3OS. The van der Waals surface area contributed by atoms with Crippen molar-refractivity contribution in [2.75, 3.05) is 42.7 Å². The fourth-order valence-corrected chi connectivity index (χ4v) is 3.39. The number of urea groups is 1. The van der Waals surface area contributed by atoms with Crippen LogP contribution in [0.5, 0.6) is 0 Å². The smallest absolute Gasteiger partial charge is 0.321 e. The van der Waals surface area contributed by atoms with Crippen LogP contribution in [0.15, 0.2) is 53.4 Å². The highest BCUT2D eigenvalue weighted by Gasteiger charge is 2.21. The third-order valence-corrected chi connectivity index (χ3v) is 5.02. The number of halogens is 1. The largest absolute Gasteiger partial charge is 0.368 e. The minimum atomic E-state index is -0.0426. The van der Waals surface area contributed by atoms with Crippen LogP contribution in [-0.4, -0.2) is 43.4 Å². The van der Waals surface area contributed by atoms with Crippen LogP contribution >= 0.6 is 23.4 Å². The van der Waals surface area contributed by atoms with Gasteiger partial charge in [0, 0.05) is 47.5 Å². The lowest BCUT2D eigenvalue weighted by molar-refractivity contribution is 0.208. The van der Waals surface area contributed by atoms with Crippen LogP contribution in [0.25, 0.3) is 0 Å². The second kappa shape index (κ2) is 7.81. The Kier molecular flexibility index (Phi) is 5.53. The first kappa shape index (κ1) is 17.0. The van der Waals surface area contributed by atoms with E-state index in [0.29, 0.717) is 13.1 Å². The number of nitrogens with zero attached hydrogens (tertiary/aromatic N) is 2. The maximum atomic E-state index is 12.4. The number of rotatable bonds is 3. The van der Waals surface area contributed by atoms with Crippen molar-refractivity contribution in [2.24, 2.45) is 0 Å². The molecule has 0 saturated carbocycles. The molecule has 6 heteroatoms. The topological polar surface area (TPSA) is 35.6 Å². The van der Waals surface area contributed by atoms with Gasteiger partial charge in [-0.15, -0.1) is 11.8 Å². The molecule has 0 unspecified atom stereocenters. The summed E-state index contributed by atoms with van der Waals surface area (Å²) in [4.78, 5) is 17.7. The monoisotopic (exact) mass is 361 g/mol. The predicted molar refractivity (Wildman–Crippen MR) is 102 cm³/mol. The van der Waals surface area contributed by atoms with Crippen molar-refractivity contribution in [3.05, 3.63) is 53.6 Å². The van der Waals surface area contributed by atoms with Gasteiger partial charge in [-0.05, 0) is 42.7 Å². The van der Waals surface area contributed by atoms with Gasteiger partial charge in [-0.1, -0.05) is 23.7 Å². The molecule has 2 aromatic carbocycles. The van der Waals surface area contributed by atoms with E-state index in [4.69, 9.17) is 11.6 Å². The maximum absolute atomic E-state index is 12.4. The molecule has 1 N–H and O–H groups in total. The van der Waals surface area contributed by atoms with Gasteiger partial charge in [0.2, 0.25) is 0 Å². The highest BCUT2D eigenvalue weighted by atomic mass is 35.5. The molecule has 0 aromatic heterocycles. The first-order valence-corrected chi connectivity index (χ1v) is 9.46. The number of anilines is 2. The quantitative estimate of drug-likeness (QED) is 0.822. The van der Waals surface area contributed by atoms with Crippen molar-refractivity contribution < 1.29 is 4.79 Å². The number of thioether (sulfide) groups is 1. The molecule has 0 atom stereocenters. The highest BCUT2D eigenvalue weighted by Crippen LogP contribution is 2.22. The molecule has 0 bridgehead atoms. The summed E-state index contributed by atoms with van der Waals surface area (Å²) in [5, 5.41) is 3.72. The lowest BCUT2D eigenvalue weighted by Crippen LogP contribution is -2.50. The number of hydrogen-bond donors (Lipinski definition) is 1. The van der Waals surface area contributed by atoms with Crippen LogP contribution in [0.2, 0.25) is 5.02 Å². The SMILES string of the molecule is CSc1cccc(NC(=O)N2CCN(c3cccc(Cl)c3)CC2)c1. The van der Waals surface area contributed by atoms with Crippen LogP contribution in [-0.2, 0) is 0 Å². The molecule has 0 aliphatic carbocycles. The van der Waals surface area contributed by atoms with Crippen molar-refractivity contribution in [1.82, 2.24) is 4.90 Å². The van der Waals surface area contributed by atoms with Gasteiger partial charge in [0.15, 0.2) is 0 Å². The van der Waals surface area contributed by atoms with Crippen LogP contribution < -0.4 is 10.2 Å². The average molecular weight is 362 g/mol. The first-order valence-electron chi connectivity index (χ1n) is 7.86. The van der Waals surface area contributed by atoms with Gasteiger partial charge in [0.25, 0.3) is 0 Å². The van der Waals surface area contributed by atoms with E-state index in [1.54, 1.807) is 11.8 Å². The second-order valence-corrected chi connectivity index (χ2v) is 6.93. The van der Waals surface area contributed by atoms with E-state index < -0.39 is 0 Å². The zero-order chi connectivity index (χ0) is 16.9. The van der Waals surface area contributed by atoms with E-state index in [1.165, 1.54) is 0 Å². The number of amides is 2. The summed E-state index contributed by atoms with van der Waals surface area (Å²) in [5.74, 6) is 0. The summed E-state index contributed by atoms with van der Waals surface area (Å²) in [6.45, 7) is 3.00. The van der Waals surface area contributed by atoms with Gasteiger partial charge in [-0.25, -0.2) is 4.79 Å². The Morgan fingerprint density at radius 3 is 2.54 bits per heavy atom. The van der Waals surface area contributed by atoms with Crippen LogP contribution in [0.1, 0.15) is 0 Å². The summed E-state index contributed by atoms with van der Waals surface area (Å²) < 4.78 is 0. The summed E-state index contributed by atoms with van der Waals surface area (Å²) in [5.41, 5.74) is 1.94. The Labute approximate surface area is 151 Å². The molecule has 1 aliphatic rings. The Hall–Kier alpha value is -1.85. The average Bonchev–Trinajstić information content (AvgIpc) is 2.62. The van der Waals surface area contributed by atoms with Crippen LogP contribution in [0.3, 0.4) is 0 Å². The Bertz CT molecular complexity index is 717. The Morgan fingerprint density at radius 1 is 1.08 bits per heavy atom. The third-order valence-electron chi connectivity index (χ3n) is 4.06. The molecule has 126 valence electrons. The Balaban J connectivity index is 1.57. The van der Waals surface area contributed by atoms with Gasteiger partial charge in [-0.3, -0.25) is 0 Å². The van der Waals surface area contributed by atoms with Gasteiger partial charge < -0.3 is 15.1 Å². The second-order valence-electron chi connectivity index (χ2n) is 5.62. The molecule has 3 rings (SSSR count). The lowest BCUT2D eigenvalue weighted by Gasteiger charge is -2.36. The van der Waals surface area contributed by atoms with Crippen LogP contribution in [0.4, 0.5) is 16.2 Å². The van der Waals surface area contributed by atoms with Crippen molar-refractivity contribution in [3.63, 3.8) is 0 Å². The fourth-order valence-electron chi connectivity index (χ4n) is 2.74. The van der Waals surface area contributed by atoms with Crippen LogP contribution in [0, 0.1) is 0 Å². The molecule has 2 aromatic rings. The predicted octanol–water partition coefficient (Wildman–Crippen LogP) is 4.42. The van der Waals surface area contributed by atoms with E-state index in [9.17, 15) is 4.79 Å². The van der Waals surface area contributed by atoms with E-state index in [2.05, 4.69) is 16.3 Å². The van der Waals surface area contributed by atoms with Crippen molar-refractivity contribution in [2.45, 2.75) is 4.90 Å². The zero-order valence-corrected chi connectivity index (χ0v) is 15.1. The number of benzene rings is 2. The van der Waals surface area contributed by atoms with Gasteiger partial charge in [0.05, 0.1) is 0 Å². The molecule has 1 fully saturated rings. The molecule has 24 heavy (non-hydrogen) atoms. The molecule has 0 spiro atoms. The number of nitrogens with one attached hydrogen (secondary N) is 1. The maximum Gasteiger partial charge on any atom is 0.321 e. The van der Waals surface area contributed by atoms with Gasteiger partial charge in [-0.2, -0.15) is 0 Å². The van der Waals surface area contributed by atoms with E-state index in [0.717, 1.165) is 34.4 Å². The summed E-state index contributed by atoms with van der Waals surface area (Å²) >= 11 is 7.72. The normalized spacial score (nSPS) is 14.6. The minimum Gasteiger partial charge on any atom is -0.368 e.